The maximum Gasteiger partial charge on any atom is 0.272 e. The predicted molar refractivity (Wildman–Crippen MR) is 80.2 cm³/mol. The molecule has 0 aliphatic rings. The summed E-state index contributed by atoms with van der Waals surface area (Å²) in [6.07, 6.45) is 3.34. The molecule has 0 spiro atoms. The highest BCUT2D eigenvalue weighted by Crippen LogP contribution is 2.16. The second kappa shape index (κ2) is 5.49. The van der Waals surface area contributed by atoms with E-state index in [2.05, 4.69) is 36.8 Å². The number of hydrogen-bond acceptors (Lipinski definition) is 4. The van der Waals surface area contributed by atoms with Crippen molar-refractivity contribution in [2.24, 2.45) is 7.05 Å². The van der Waals surface area contributed by atoms with E-state index >= 15 is 0 Å². The summed E-state index contributed by atoms with van der Waals surface area (Å²) in [5.41, 5.74) is 2.10. The fraction of sp³-hybridized carbons (Fsp3) is 0.0769. The number of carbonyl (C=O) groups is 1. The van der Waals surface area contributed by atoms with E-state index in [0.717, 1.165) is 10.2 Å². The van der Waals surface area contributed by atoms with E-state index in [1.807, 2.05) is 25.4 Å². The number of anilines is 1. The minimum Gasteiger partial charge on any atom is -0.345 e. The Balaban J connectivity index is 1.76. The summed E-state index contributed by atoms with van der Waals surface area (Å²) in [6, 6.07) is 9.02. The number of carbonyl (C=O) groups excluding carboxylic acids is 1. The van der Waals surface area contributed by atoms with E-state index < -0.39 is 0 Å². The molecule has 106 valence electrons. The smallest absolute Gasteiger partial charge is 0.272 e. The van der Waals surface area contributed by atoms with Crippen molar-refractivity contribution < 1.29 is 4.79 Å². The number of nitrogens with one attached hydrogen (secondary N) is 1. The van der Waals surface area contributed by atoms with Gasteiger partial charge in [-0.25, -0.2) is 4.68 Å². The SMILES string of the molecule is Cn1cc(Br)cc1C(=O)Nc1ccc(-n2cnnn2)cc1. The van der Waals surface area contributed by atoms with Crippen LogP contribution in [0.15, 0.2) is 47.3 Å². The Hall–Kier alpha value is -2.48. The molecule has 0 fully saturated rings. The quantitative estimate of drug-likeness (QED) is 0.786. The fourth-order valence-electron chi connectivity index (χ4n) is 1.92. The van der Waals surface area contributed by atoms with Crippen LogP contribution in [0.25, 0.3) is 5.69 Å². The van der Waals surface area contributed by atoms with E-state index in [4.69, 9.17) is 0 Å². The first-order chi connectivity index (χ1) is 10.1. The minimum atomic E-state index is -0.168. The van der Waals surface area contributed by atoms with Crippen molar-refractivity contribution >= 4 is 27.5 Å². The summed E-state index contributed by atoms with van der Waals surface area (Å²) in [7, 11) is 1.82. The maximum atomic E-state index is 12.2. The highest BCUT2D eigenvalue weighted by Gasteiger charge is 2.11. The Morgan fingerprint density at radius 2 is 2.05 bits per heavy atom. The monoisotopic (exact) mass is 346 g/mol. The van der Waals surface area contributed by atoms with Crippen molar-refractivity contribution in [1.82, 2.24) is 24.8 Å². The van der Waals surface area contributed by atoms with Crippen molar-refractivity contribution in [3.05, 3.63) is 53.0 Å². The van der Waals surface area contributed by atoms with Gasteiger partial charge in [-0.05, 0) is 56.7 Å². The minimum absolute atomic E-state index is 0.168. The lowest BCUT2D eigenvalue weighted by Crippen LogP contribution is -2.15. The molecule has 3 aromatic rings. The average molecular weight is 347 g/mol. The standard InChI is InChI=1S/C13H11BrN6O/c1-19-7-9(14)6-12(19)13(21)16-10-2-4-11(5-3-10)20-8-15-17-18-20/h2-8H,1H3,(H,16,21). The van der Waals surface area contributed by atoms with Crippen LogP contribution < -0.4 is 5.32 Å². The zero-order valence-electron chi connectivity index (χ0n) is 11.1. The van der Waals surface area contributed by atoms with Crippen molar-refractivity contribution in [3.8, 4) is 5.69 Å². The molecule has 0 saturated heterocycles. The summed E-state index contributed by atoms with van der Waals surface area (Å²) < 4.78 is 4.17. The summed E-state index contributed by atoms with van der Waals surface area (Å²) in [4.78, 5) is 12.2. The van der Waals surface area contributed by atoms with E-state index in [1.54, 1.807) is 27.4 Å². The van der Waals surface area contributed by atoms with Crippen LogP contribution in [-0.2, 0) is 7.05 Å². The molecule has 7 nitrogen and oxygen atoms in total. The molecule has 0 radical (unpaired) electrons. The predicted octanol–water partition coefficient (Wildman–Crippen LogP) is 2.02. The lowest BCUT2D eigenvalue weighted by molar-refractivity contribution is 0.101. The summed E-state index contributed by atoms with van der Waals surface area (Å²) >= 11 is 3.35. The Morgan fingerprint density at radius 1 is 1.29 bits per heavy atom. The number of amides is 1. The maximum absolute atomic E-state index is 12.2. The van der Waals surface area contributed by atoms with Crippen molar-refractivity contribution in [2.45, 2.75) is 0 Å². The lowest BCUT2D eigenvalue weighted by Gasteiger charge is -2.07. The molecule has 1 N–H and O–H groups in total. The number of nitrogens with zero attached hydrogens (tertiary/aromatic N) is 5. The van der Waals surface area contributed by atoms with Crippen LogP contribution >= 0.6 is 15.9 Å². The van der Waals surface area contributed by atoms with Crippen molar-refractivity contribution in [3.63, 3.8) is 0 Å². The van der Waals surface area contributed by atoms with E-state index in [-0.39, 0.29) is 5.91 Å². The highest BCUT2D eigenvalue weighted by atomic mass is 79.9. The number of hydrogen-bond donors (Lipinski definition) is 1. The Morgan fingerprint density at radius 3 is 2.62 bits per heavy atom. The van der Waals surface area contributed by atoms with Crippen LogP contribution in [0, 0.1) is 0 Å². The molecule has 3 rings (SSSR count). The molecule has 1 amide bonds. The lowest BCUT2D eigenvalue weighted by atomic mass is 10.2. The van der Waals surface area contributed by atoms with E-state index in [1.165, 1.54) is 6.33 Å². The van der Waals surface area contributed by atoms with Crippen LogP contribution in [0.5, 0.6) is 0 Å². The molecule has 0 atom stereocenters. The molecule has 0 aliphatic carbocycles. The van der Waals surface area contributed by atoms with Gasteiger partial charge < -0.3 is 9.88 Å². The van der Waals surface area contributed by atoms with Crippen molar-refractivity contribution in [1.29, 1.82) is 0 Å². The number of aromatic nitrogens is 5. The number of tetrazole rings is 1. The van der Waals surface area contributed by atoms with Gasteiger partial charge in [0, 0.05) is 23.4 Å². The van der Waals surface area contributed by atoms with Gasteiger partial charge in [-0.2, -0.15) is 0 Å². The second-order valence-electron chi connectivity index (χ2n) is 4.41. The molecule has 8 heteroatoms. The van der Waals surface area contributed by atoms with Crippen LogP contribution in [-0.4, -0.2) is 30.7 Å². The molecule has 0 bridgehead atoms. The molecule has 0 unspecified atom stereocenters. The highest BCUT2D eigenvalue weighted by molar-refractivity contribution is 9.10. The number of halogens is 1. The van der Waals surface area contributed by atoms with Gasteiger partial charge in [0.1, 0.15) is 12.0 Å². The first kappa shape index (κ1) is 13.5. The van der Waals surface area contributed by atoms with Crippen LogP contribution in [0.2, 0.25) is 0 Å². The molecular formula is C13H11BrN6O. The third-order valence-corrected chi connectivity index (χ3v) is 3.38. The summed E-state index contributed by atoms with van der Waals surface area (Å²) in [6.45, 7) is 0. The van der Waals surface area contributed by atoms with E-state index in [0.29, 0.717) is 11.4 Å². The third kappa shape index (κ3) is 2.84. The van der Waals surface area contributed by atoms with Gasteiger partial charge in [0.05, 0.1) is 5.69 Å². The third-order valence-electron chi connectivity index (χ3n) is 2.94. The molecule has 2 aromatic heterocycles. The average Bonchev–Trinajstić information content (AvgIpc) is 3.09. The fourth-order valence-corrected chi connectivity index (χ4v) is 2.45. The van der Waals surface area contributed by atoms with Gasteiger partial charge in [-0.15, -0.1) is 5.10 Å². The first-order valence-electron chi connectivity index (χ1n) is 6.10. The van der Waals surface area contributed by atoms with Gasteiger partial charge in [0.2, 0.25) is 0 Å². The topological polar surface area (TPSA) is 77.6 Å². The van der Waals surface area contributed by atoms with E-state index in [9.17, 15) is 4.79 Å². The second-order valence-corrected chi connectivity index (χ2v) is 5.33. The number of rotatable bonds is 3. The Bertz CT molecular complexity index is 763. The molecule has 0 aliphatic heterocycles. The zero-order chi connectivity index (χ0) is 14.8. The van der Waals surface area contributed by atoms with Gasteiger partial charge in [-0.1, -0.05) is 0 Å². The molecule has 21 heavy (non-hydrogen) atoms. The number of benzene rings is 1. The van der Waals surface area contributed by atoms with Gasteiger partial charge in [0.15, 0.2) is 0 Å². The van der Waals surface area contributed by atoms with Crippen LogP contribution in [0.3, 0.4) is 0 Å². The molecule has 1 aromatic carbocycles. The van der Waals surface area contributed by atoms with Gasteiger partial charge >= 0.3 is 0 Å². The first-order valence-corrected chi connectivity index (χ1v) is 6.89. The summed E-state index contributed by atoms with van der Waals surface area (Å²) in [5, 5.41) is 13.8. The van der Waals surface area contributed by atoms with Gasteiger partial charge in [-0.3, -0.25) is 4.79 Å². The Kier molecular flexibility index (Phi) is 3.53. The summed E-state index contributed by atoms with van der Waals surface area (Å²) in [5.74, 6) is -0.168. The molecule has 2 heterocycles. The van der Waals surface area contributed by atoms with Crippen LogP contribution in [0.4, 0.5) is 5.69 Å². The number of aryl methyl sites for hydroxylation is 1. The Labute approximate surface area is 128 Å². The molecule has 0 saturated carbocycles. The largest absolute Gasteiger partial charge is 0.345 e. The van der Waals surface area contributed by atoms with Gasteiger partial charge in [0.25, 0.3) is 5.91 Å². The van der Waals surface area contributed by atoms with Crippen LogP contribution in [0.1, 0.15) is 10.5 Å². The van der Waals surface area contributed by atoms with Crippen molar-refractivity contribution in [2.75, 3.05) is 5.32 Å². The zero-order valence-corrected chi connectivity index (χ0v) is 12.6. The molecular weight excluding hydrogens is 336 g/mol. The normalized spacial score (nSPS) is 10.6.